The van der Waals surface area contributed by atoms with E-state index in [1.807, 2.05) is 49.4 Å². The summed E-state index contributed by atoms with van der Waals surface area (Å²) in [6.45, 7) is 1.83. The van der Waals surface area contributed by atoms with Crippen LogP contribution in [0.15, 0.2) is 52.5 Å². The number of hydrogen-bond donors (Lipinski definition) is 2. The molecule has 0 amide bonds. The summed E-state index contributed by atoms with van der Waals surface area (Å²) >= 11 is 5.82. The minimum absolute atomic E-state index is 0.0311. The highest BCUT2D eigenvalue weighted by atomic mass is 35.5. The molecule has 5 nitrogen and oxygen atoms in total. The van der Waals surface area contributed by atoms with Crippen molar-refractivity contribution in [1.29, 1.82) is 0 Å². The van der Waals surface area contributed by atoms with Gasteiger partial charge in [-0.15, -0.1) is 0 Å². The maximum absolute atomic E-state index is 11.2. The Labute approximate surface area is 121 Å². The lowest BCUT2D eigenvalue weighted by Crippen LogP contribution is -2.10. The van der Waals surface area contributed by atoms with Gasteiger partial charge in [-0.2, -0.15) is 10.2 Å². The van der Waals surface area contributed by atoms with Gasteiger partial charge < -0.3 is 0 Å². The second kappa shape index (κ2) is 6.68. The number of anilines is 1. The van der Waals surface area contributed by atoms with Crippen LogP contribution in [0.5, 0.6) is 0 Å². The van der Waals surface area contributed by atoms with Crippen molar-refractivity contribution in [1.82, 2.24) is 10.2 Å². The molecule has 0 saturated heterocycles. The minimum Gasteiger partial charge on any atom is -0.275 e. The summed E-state index contributed by atoms with van der Waals surface area (Å²) in [5.74, 6) is 0. The first-order valence-electron chi connectivity index (χ1n) is 5.93. The normalized spacial score (nSPS) is 11.8. The number of hydrazone groups is 1. The molecular weight excluding hydrogens is 276 g/mol. The van der Waals surface area contributed by atoms with Crippen molar-refractivity contribution in [3.8, 4) is 0 Å². The first-order valence-corrected chi connectivity index (χ1v) is 6.31. The number of rotatable bonds is 4. The third-order valence-electron chi connectivity index (χ3n) is 2.46. The summed E-state index contributed by atoms with van der Waals surface area (Å²) in [4.78, 5) is 11.2. The first-order chi connectivity index (χ1) is 9.66. The molecule has 0 radical (unpaired) electrons. The molecule has 2 rings (SSSR count). The quantitative estimate of drug-likeness (QED) is 0.671. The number of benzene rings is 1. The zero-order valence-electron chi connectivity index (χ0n) is 10.8. The third-order valence-corrected chi connectivity index (χ3v) is 2.84. The van der Waals surface area contributed by atoms with Gasteiger partial charge in [-0.25, -0.2) is 5.10 Å². The summed E-state index contributed by atoms with van der Waals surface area (Å²) in [5.41, 5.74) is 4.44. The number of halogens is 1. The second-order valence-electron chi connectivity index (χ2n) is 4.04. The highest BCUT2D eigenvalue weighted by molar-refractivity contribution is 6.32. The van der Waals surface area contributed by atoms with Crippen LogP contribution in [0.2, 0.25) is 5.02 Å². The number of hydrogen-bond acceptors (Lipinski definition) is 4. The van der Waals surface area contributed by atoms with E-state index in [0.717, 1.165) is 11.3 Å². The fourth-order valence-electron chi connectivity index (χ4n) is 1.43. The summed E-state index contributed by atoms with van der Waals surface area (Å²) in [7, 11) is 0. The van der Waals surface area contributed by atoms with Gasteiger partial charge in [0.15, 0.2) is 0 Å². The molecule has 0 aliphatic rings. The van der Waals surface area contributed by atoms with Crippen molar-refractivity contribution < 1.29 is 0 Å². The Balaban J connectivity index is 2.06. The lowest BCUT2D eigenvalue weighted by atomic mass is 10.2. The third kappa shape index (κ3) is 3.80. The zero-order valence-corrected chi connectivity index (χ0v) is 11.6. The molecular formula is C14H13ClN4O. The van der Waals surface area contributed by atoms with Gasteiger partial charge in [-0.1, -0.05) is 48.0 Å². The Morgan fingerprint density at radius 2 is 2.15 bits per heavy atom. The predicted molar refractivity (Wildman–Crippen MR) is 82.1 cm³/mol. The second-order valence-corrected chi connectivity index (χ2v) is 4.41. The van der Waals surface area contributed by atoms with Crippen molar-refractivity contribution in [3.63, 3.8) is 0 Å². The molecule has 0 bridgehead atoms. The van der Waals surface area contributed by atoms with Gasteiger partial charge in [0.1, 0.15) is 10.7 Å². The molecule has 0 aliphatic heterocycles. The van der Waals surface area contributed by atoms with Crippen LogP contribution in [0.4, 0.5) is 5.69 Å². The van der Waals surface area contributed by atoms with Crippen molar-refractivity contribution in [2.24, 2.45) is 5.10 Å². The molecule has 0 saturated carbocycles. The van der Waals surface area contributed by atoms with E-state index in [9.17, 15) is 4.79 Å². The predicted octanol–water partition coefficient (Wildman–Crippen LogP) is 2.92. The topological polar surface area (TPSA) is 70.1 Å². The SMILES string of the molecule is CC(/C=C/c1ccccc1)=N/Nc1cn[nH]c(=O)c1Cl. The highest BCUT2D eigenvalue weighted by Gasteiger charge is 2.02. The summed E-state index contributed by atoms with van der Waals surface area (Å²) in [6.07, 6.45) is 5.20. The van der Waals surface area contributed by atoms with Crippen LogP contribution in [0, 0.1) is 0 Å². The van der Waals surface area contributed by atoms with E-state index >= 15 is 0 Å². The number of aromatic nitrogens is 2. The zero-order chi connectivity index (χ0) is 14.4. The summed E-state index contributed by atoms with van der Waals surface area (Å²) < 4.78 is 0. The average Bonchev–Trinajstić information content (AvgIpc) is 2.48. The Morgan fingerprint density at radius 1 is 1.40 bits per heavy atom. The van der Waals surface area contributed by atoms with E-state index in [1.165, 1.54) is 6.20 Å². The Kier molecular flexibility index (Phi) is 4.68. The van der Waals surface area contributed by atoms with E-state index in [0.29, 0.717) is 5.69 Å². The van der Waals surface area contributed by atoms with Gasteiger partial charge in [-0.05, 0) is 18.6 Å². The van der Waals surface area contributed by atoms with Crippen LogP contribution < -0.4 is 11.0 Å². The molecule has 1 aromatic heterocycles. The van der Waals surface area contributed by atoms with Crippen LogP contribution in [0.3, 0.4) is 0 Å². The van der Waals surface area contributed by atoms with E-state index < -0.39 is 5.56 Å². The maximum Gasteiger partial charge on any atom is 0.285 e. The lowest BCUT2D eigenvalue weighted by Gasteiger charge is -2.01. The van der Waals surface area contributed by atoms with E-state index in [1.54, 1.807) is 0 Å². The molecule has 2 aromatic rings. The molecule has 1 aromatic carbocycles. The molecule has 102 valence electrons. The van der Waals surface area contributed by atoms with Crippen LogP contribution in [-0.2, 0) is 0 Å². The van der Waals surface area contributed by atoms with Gasteiger partial charge in [0.05, 0.1) is 11.9 Å². The van der Waals surface area contributed by atoms with Crippen molar-refractivity contribution >= 4 is 29.1 Å². The summed E-state index contributed by atoms with van der Waals surface area (Å²) in [5, 5.41) is 10.0. The Bertz CT molecular complexity index is 692. The Morgan fingerprint density at radius 3 is 2.90 bits per heavy atom. The van der Waals surface area contributed by atoms with E-state index in [2.05, 4.69) is 20.7 Å². The average molecular weight is 289 g/mol. The first kappa shape index (κ1) is 14.0. The van der Waals surface area contributed by atoms with Crippen molar-refractivity contribution in [2.45, 2.75) is 6.92 Å². The molecule has 0 unspecified atom stereocenters. The molecule has 2 N–H and O–H groups in total. The molecule has 6 heteroatoms. The number of allylic oxidation sites excluding steroid dienone is 1. The highest BCUT2D eigenvalue weighted by Crippen LogP contribution is 2.14. The number of nitrogens with zero attached hydrogens (tertiary/aromatic N) is 2. The molecule has 0 fully saturated rings. The van der Waals surface area contributed by atoms with Gasteiger partial charge >= 0.3 is 0 Å². The standard InChI is InChI=1S/C14H13ClN4O/c1-10(7-8-11-5-3-2-4-6-11)17-18-12-9-16-19-14(20)13(12)15/h2-9H,1H3,(H2,18,19,20)/b8-7+,17-10-. The van der Waals surface area contributed by atoms with Crippen molar-refractivity contribution in [3.05, 3.63) is 63.5 Å². The number of H-pyrrole nitrogens is 1. The van der Waals surface area contributed by atoms with Gasteiger partial charge in [0.25, 0.3) is 5.56 Å². The van der Waals surface area contributed by atoms with Crippen LogP contribution in [0.25, 0.3) is 6.08 Å². The molecule has 1 heterocycles. The van der Waals surface area contributed by atoms with Gasteiger partial charge in [0.2, 0.25) is 0 Å². The van der Waals surface area contributed by atoms with Crippen LogP contribution in [-0.4, -0.2) is 15.9 Å². The Hall–Kier alpha value is -2.40. The number of nitrogens with one attached hydrogen (secondary N) is 2. The fraction of sp³-hybridized carbons (Fsp3) is 0.0714. The van der Waals surface area contributed by atoms with Gasteiger partial charge in [0, 0.05) is 0 Å². The maximum atomic E-state index is 11.2. The minimum atomic E-state index is -0.454. The monoisotopic (exact) mass is 288 g/mol. The molecule has 0 aliphatic carbocycles. The molecule has 0 atom stereocenters. The lowest BCUT2D eigenvalue weighted by molar-refractivity contribution is 0.987. The molecule has 20 heavy (non-hydrogen) atoms. The fourth-order valence-corrected chi connectivity index (χ4v) is 1.56. The van der Waals surface area contributed by atoms with Crippen molar-refractivity contribution in [2.75, 3.05) is 5.43 Å². The van der Waals surface area contributed by atoms with Crippen LogP contribution in [0.1, 0.15) is 12.5 Å². The summed E-state index contributed by atoms with van der Waals surface area (Å²) in [6, 6.07) is 9.88. The smallest absolute Gasteiger partial charge is 0.275 e. The largest absolute Gasteiger partial charge is 0.285 e. The van der Waals surface area contributed by atoms with E-state index in [-0.39, 0.29) is 5.02 Å². The van der Waals surface area contributed by atoms with Gasteiger partial charge in [-0.3, -0.25) is 10.2 Å². The van der Waals surface area contributed by atoms with Crippen LogP contribution >= 0.6 is 11.6 Å². The number of aromatic amines is 1. The molecule has 0 spiro atoms. The van der Waals surface area contributed by atoms with E-state index in [4.69, 9.17) is 11.6 Å².